The van der Waals surface area contributed by atoms with Crippen LogP contribution in [0, 0.1) is 0 Å². The molecule has 3 rings (SSSR count). The van der Waals surface area contributed by atoms with Crippen molar-refractivity contribution in [1.82, 2.24) is 0 Å². The Labute approximate surface area is 128 Å². The largest absolute Gasteiger partial charge is 0.481 e. The van der Waals surface area contributed by atoms with Crippen LogP contribution in [0.2, 0.25) is 0 Å². The highest BCUT2D eigenvalue weighted by Gasteiger charge is 2.21. The third kappa shape index (κ3) is 2.79. The number of rotatable bonds is 2. The Morgan fingerprint density at radius 3 is 2.86 bits per heavy atom. The Morgan fingerprint density at radius 1 is 1.27 bits per heavy atom. The molecule has 0 saturated carbocycles. The van der Waals surface area contributed by atoms with Crippen LogP contribution in [0.1, 0.15) is 24.2 Å². The van der Waals surface area contributed by atoms with E-state index in [1.54, 1.807) is 31.2 Å². The van der Waals surface area contributed by atoms with Crippen molar-refractivity contribution in [2.24, 2.45) is 4.99 Å². The molecule has 5 nitrogen and oxygen atoms in total. The fraction of sp³-hybridized carbons (Fsp3) is 0.176. The van der Waals surface area contributed by atoms with E-state index >= 15 is 0 Å². The second-order valence-corrected chi connectivity index (χ2v) is 5.25. The van der Waals surface area contributed by atoms with Crippen LogP contribution in [0.15, 0.2) is 47.5 Å². The zero-order valence-electron chi connectivity index (χ0n) is 12.5. The Hall–Kier alpha value is -2.82. The fourth-order valence-electron chi connectivity index (χ4n) is 2.28. The van der Waals surface area contributed by atoms with E-state index in [0.29, 0.717) is 28.5 Å². The Morgan fingerprint density at radius 2 is 2.09 bits per heavy atom. The first-order valence-corrected chi connectivity index (χ1v) is 7.06. The van der Waals surface area contributed by atoms with Gasteiger partial charge >= 0.3 is 0 Å². The zero-order chi connectivity index (χ0) is 15.7. The number of amidine groups is 1. The van der Waals surface area contributed by atoms with Gasteiger partial charge in [0.1, 0.15) is 17.3 Å². The minimum Gasteiger partial charge on any atom is -0.481 e. The van der Waals surface area contributed by atoms with E-state index in [0.717, 1.165) is 5.69 Å². The van der Waals surface area contributed by atoms with E-state index in [2.05, 4.69) is 10.3 Å². The molecule has 1 heterocycles. The van der Waals surface area contributed by atoms with E-state index in [1.807, 2.05) is 25.1 Å². The molecule has 1 atom stereocenters. The number of hydrogen-bond donors (Lipinski definition) is 2. The number of benzene rings is 2. The van der Waals surface area contributed by atoms with E-state index < -0.39 is 0 Å². The summed E-state index contributed by atoms with van der Waals surface area (Å²) in [4.78, 5) is 16.0. The highest BCUT2D eigenvalue weighted by atomic mass is 16.5. The van der Waals surface area contributed by atoms with Gasteiger partial charge < -0.3 is 15.8 Å². The summed E-state index contributed by atoms with van der Waals surface area (Å²) in [5.41, 5.74) is 8.57. The minimum absolute atomic E-state index is 0.0247. The van der Waals surface area contributed by atoms with Crippen molar-refractivity contribution < 1.29 is 9.53 Å². The predicted octanol–water partition coefficient (Wildman–Crippen LogP) is 3.39. The van der Waals surface area contributed by atoms with Gasteiger partial charge in [-0.1, -0.05) is 12.1 Å². The van der Waals surface area contributed by atoms with Gasteiger partial charge in [-0.15, -0.1) is 0 Å². The SMILES string of the molecule is CC(=O)c1cccc(NC2=Nc3cc(N)ccc3OC2C)c1. The molecule has 1 aliphatic heterocycles. The van der Waals surface area contributed by atoms with Crippen LogP contribution in [0.4, 0.5) is 17.1 Å². The number of hydrogen-bond acceptors (Lipinski definition) is 5. The van der Waals surface area contributed by atoms with Crippen LogP contribution in [0.3, 0.4) is 0 Å². The average Bonchev–Trinajstić information content (AvgIpc) is 2.49. The predicted molar refractivity (Wildman–Crippen MR) is 88.1 cm³/mol. The number of nitrogens with zero attached hydrogens (tertiary/aromatic N) is 1. The summed E-state index contributed by atoms with van der Waals surface area (Å²) < 4.78 is 5.83. The third-order valence-corrected chi connectivity index (χ3v) is 3.45. The van der Waals surface area contributed by atoms with Crippen LogP contribution >= 0.6 is 0 Å². The van der Waals surface area contributed by atoms with Crippen molar-refractivity contribution in [2.45, 2.75) is 20.0 Å². The second-order valence-electron chi connectivity index (χ2n) is 5.25. The molecule has 0 bridgehead atoms. The maximum absolute atomic E-state index is 11.5. The Bertz CT molecular complexity index is 768. The molecule has 2 aromatic carbocycles. The summed E-state index contributed by atoms with van der Waals surface area (Å²) in [6.07, 6.45) is -0.211. The maximum atomic E-state index is 11.5. The zero-order valence-corrected chi connectivity index (χ0v) is 12.5. The summed E-state index contributed by atoms with van der Waals surface area (Å²) in [5.74, 6) is 1.42. The third-order valence-electron chi connectivity index (χ3n) is 3.45. The summed E-state index contributed by atoms with van der Waals surface area (Å²) >= 11 is 0. The van der Waals surface area contributed by atoms with Gasteiger partial charge in [0.25, 0.3) is 0 Å². The van der Waals surface area contributed by atoms with Crippen LogP contribution in [-0.2, 0) is 0 Å². The number of nitrogens with two attached hydrogens (primary N) is 1. The topological polar surface area (TPSA) is 76.7 Å². The van der Waals surface area contributed by atoms with E-state index in [1.165, 1.54) is 0 Å². The van der Waals surface area contributed by atoms with E-state index in [4.69, 9.17) is 10.5 Å². The second kappa shape index (κ2) is 5.52. The lowest BCUT2D eigenvalue weighted by molar-refractivity contribution is 0.101. The molecule has 0 amide bonds. The number of fused-ring (bicyclic) bond motifs is 1. The average molecular weight is 295 g/mol. The summed E-state index contributed by atoms with van der Waals surface area (Å²) in [6.45, 7) is 3.46. The van der Waals surface area contributed by atoms with Crippen molar-refractivity contribution in [3.8, 4) is 5.75 Å². The summed E-state index contributed by atoms with van der Waals surface area (Å²) in [6, 6.07) is 12.7. The number of carbonyl (C=O) groups excluding carboxylic acids is 1. The number of anilines is 2. The standard InChI is InChI=1S/C17H17N3O2/c1-10(21)12-4-3-5-14(8-12)19-17-11(2)22-16-7-6-13(18)9-15(16)20-17/h3-9,11H,18H2,1-2H3,(H,19,20). The van der Waals surface area contributed by atoms with Gasteiger partial charge in [0.15, 0.2) is 11.9 Å². The summed E-state index contributed by atoms with van der Waals surface area (Å²) in [5, 5.41) is 3.22. The number of Topliss-reactive ketones (excluding diaryl/α,β-unsaturated/α-hetero) is 1. The lowest BCUT2D eigenvalue weighted by Gasteiger charge is -2.24. The van der Waals surface area contributed by atoms with Gasteiger partial charge in [-0.2, -0.15) is 0 Å². The van der Waals surface area contributed by atoms with Crippen molar-refractivity contribution in [2.75, 3.05) is 11.1 Å². The molecule has 112 valence electrons. The van der Waals surface area contributed by atoms with Crippen LogP contribution in [0.5, 0.6) is 5.75 Å². The number of ether oxygens (including phenoxy) is 1. The molecular formula is C17H17N3O2. The lowest BCUT2D eigenvalue weighted by Crippen LogP contribution is -2.32. The Balaban J connectivity index is 1.91. The van der Waals surface area contributed by atoms with Crippen LogP contribution in [0.25, 0.3) is 0 Å². The highest BCUT2D eigenvalue weighted by Crippen LogP contribution is 2.34. The first kappa shape index (κ1) is 14.1. The van der Waals surface area contributed by atoms with Crippen molar-refractivity contribution in [3.05, 3.63) is 48.0 Å². The molecule has 0 radical (unpaired) electrons. The highest BCUT2D eigenvalue weighted by molar-refractivity contribution is 6.03. The van der Waals surface area contributed by atoms with Crippen LogP contribution in [-0.4, -0.2) is 17.7 Å². The van der Waals surface area contributed by atoms with Gasteiger partial charge in [0.2, 0.25) is 0 Å². The fourth-order valence-corrected chi connectivity index (χ4v) is 2.28. The molecule has 22 heavy (non-hydrogen) atoms. The number of nitrogen functional groups attached to an aromatic ring is 1. The number of carbonyl (C=O) groups is 1. The minimum atomic E-state index is -0.211. The van der Waals surface area contributed by atoms with Crippen molar-refractivity contribution >= 4 is 28.7 Å². The lowest BCUT2D eigenvalue weighted by atomic mass is 10.1. The number of nitrogens with one attached hydrogen (secondary N) is 1. The first-order chi connectivity index (χ1) is 10.5. The van der Waals surface area contributed by atoms with E-state index in [9.17, 15) is 4.79 Å². The van der Waals surface area contributed by atoms with Gasteiger partial charge in [0.05, 0.1) is 0 Å². The van der Waals surface area contributed by atoms with Crippen molar-refractivity contribution in [3.63, 3.8) is 0 Å². The molecule has 1 unspecified atom stereocenters. The monoisotopic (exact) mass is 295 g/mol. The smallest absolute Gasteiger partial charge is 0.159 e. The van der Waals surface area contributed by atoms with E-state index in [-0.39, 0.29) is 11.9 Å². The molecule has 5 heteroatoms. The summed E-state index contributed by atoms with van der Waals surface area (Å²) in [7, 11) is 0. The van der Waals surface area contributed by atoms with Gasteiger partial charge in [-0.05, 0) is 44.2 Å². The number of aliphatic imine (C=N–C) groups is 1. The Kier molecular flexibility index (Phi) is 3.55. The van der Waals surface area contributed by atoms with Gasteiger partial charge in [-0.25, -0.2) is 4.99 Å². The molecule has 0 aliphatic carbocycles. The molecule has 0 saturated heterocycles. The first-order valence-electron chi connectivity index (χ1n) is 7.06. The molecule has 3 N–H and O–H groups in total. The molecule has 0 fully saturated rings. The quantitative estimate of drug-likeness (QED) is 0.657. The molecular weight excluding hydrogens is 278 g/mol. The molecule has 0 spiro atoms. The van der Waals surface area contributed by atoms with Gasteiger partial charge in [-0.3, -0.25) is 4.79 Å². The molecule has 1 aliphatic rings. The van der Waals surface area contributed by atoms with Crippen molar-refractivity contribution in [1.29, 1.82) is 0 Å². The normalized spacial score (nSPS) is 16.3. The van der Waals surface area contributed by atoms with Gasteiger partial charge in [0, 0.05) is 16.9 Å². The molecule has 0 aromatic heterocycles. The number of ketones is 1. The molecule has 2 aromatic rings. The van der Waals surface area contributed by atoms with Crippen LogP contribution < -0.4 is 15.8 Å². The maximum Gasteiger partial charge on any atom is 0.159 e.